The summed E-state index contributed by atoms with van der Waals surface area (Å²) < 4.78 is 5.61. The van der Waals surface area contributed by atoms with Gasteiger partial charge >= 0.3 is 0 Å². The van der Waals surface area contributed by atoms with E-state index in [1.54, 1.807) is 0 Å². The summed E-state index contributed by atoms with van der Waals surface area (Å²) >= 11 is 0. The van der Waals surface area contributed by atoms with E-state index >= 15 is 0 Å². The van der Waals surface area contributed by atoms with Gasteiger partial charge in [-0.1, -0.05) is 31.0 Å². The molecule has 3 rings (SSSR count). The quantitative estimate of drug-likeness (QED) is 0.811. The van der Waals surface area contributed by atoms with Crippen molar-refractivity contribution in [3.63, 3.8) is 0 Å². The summed E-state index contributed by atoms with van der Waals surface area (Å²) in [4.78, 5) is 2.71. The van der Waals surface area contributed by atoms with Gasteiger partial charge in [-0.05, 0) is 44.8 Å². The molecule has 1 saturated heterocycles. The van der Waals surface area contributed by atoms with E-state index in [9.17, 15) is 0 Å². The summed E-state index contributed by atoms with van der Waals surface area (Å²) in [5.74, 6) is 0.887. The third-order valence-corrected chi connectivity index (χ3v) is 5.27. The molecule has 1 aromatic carbocycles. The second-order valence-electron chi connectivity index (χ2n) is 6.81. The molecule has 1 heterocycles. The van der Waals surface area contributed by atoms with Crippen molar-refractivity contribution in [2.24, 2.45) is 0 Å². The maximum atomic E-state index is 8.92. The van der Waals surface area contributed by atoms with E-state index in [0.717, 1.165) is 18.3 Å². The van der Waals surface area contributed by atoms with Gasteiger partial charge in [-0.3, -0.25) is 0 Å². The Morgan fingerprint density at radius 1 is 1.09 bits per heavy atom. The first kappa shape index (κ1) is 16.7. The summed E-state index contributed by atoms with van der Waals surface area (Å²) in [6.07, 6.45) is 8.16. The zero-order valence-corrected chi connectivity index (χ0v) is 14.0. The van der Waals surface area contributed by atoms with E-state index in [1.165, 1.54) is 57.2 Å². The number of ether oxygens (including phenoxy) is 1. The molecule has 2 aliphatic rings. The van der Waals surface area contributed by atoms with Crippen molar-refractivity contribution in [1.29, 1.82) is 0 Å². The zero-order chi connectivity index (χ0) is 15.9. The fourth-order valence-electron chi connectivity index (χ4n) is 3.94. The molecule has 0 amide bonds. The minimum atomic E-state index is 0.0569. The van der Waals surface area contributed by atoms with Crippen LogP contribution >= 0.6 is 0 Å². The molecule has 0 bridgehead atoms. The normalized spacial score (nSPS) is 20.9. The molecule has 0 spiro atoms. The van der Waals surface area contributed by atoms with E-state index in [2.05, 4.69) is 16.3 Å². The summed E-state index contributed by atoms with van der Waals surface area (Å²) in [6, 6.07) is 9.59. The maximum Gasteiger partial charge on any atom is 0.123 e. The van der Waals surface area contributed by atoms with Gasteiger partial charge in [0.25, 0.3) is 0 Å². The molecule has 0 atom stereocenters. The molecule has 0 aromatic heterocycles. The van der Waals surface area contributed by atoms with E-state index < -0.39 is 0 Å². The number of piperidine rings is 1. The van der Waals surface area contributed by atoms with Crippen LogP contribution in [0.2, 0.25) is 0 Å². The first-order chi connectivity index (χ1) is 11.4. The fourth-order valence-corrected chi connectivity index (χ4v) is 3.94. The van der Waals surface area contributed by atoms with Gasteiger partial charge in [0.2, 0.25) is 0 Å². The number of benzene rings is 1. The standard InChI is InChI=1S/C19H30N2O2/c22-13-14-23-19-8-4-1-5-16(19)15-20-17-9-11-21(12-10-17)18-6-2-3-7-18/h1,4-5,8,17-18,20,22H,2-3,6-7,9-15H2. The van der Waals surface area contributed by atoms with Gasteiger partial charge in [0.15, 0.2) is 0 Å². The van der Waals surface area contributed by atoms with Crippen LogP contribution in [-0.4, -0.2) is 48.4 Å². The highest BCUT2D eigenvalue weighted by Gasteiger charge is 2.26. The molecule has 1 aliphatic heterocycles. The predicted molar refractivity (Wildman–Crippen MR) is 92.7 cm³/mol. The molecule has 0 unspecified atom stereocenters. The van der Waals surface area contributed by atoms with Crippen LogP contribution in [0.1, 0.15) is 44.1 Å². The van der Waals surface area contributed by atoms with Crippen molar-refractivity contribution in [2.45, 2.75) is 57.2 Å². The predicted octanol–water partition coefficient (Wildman–Crippen LogP) is 2.55. The van der Waals surface area contributed by atoms with Crippen LogP contribution in [0.25, 0.3) is 0 Å². The Bertz CT molecular complexity index is 466. The van der Waals surface area contributed by atoms with Gasteiger partial charge < -0.3 is 20.1 Å². The smallest absolute Gasteiger partial charge is 0.123 e. The van der Waals surface area contributed by atoms with Crippen molar-refractivity contribution >= 4 is 0 Å². The van der Waals surface area contributed by atoms with Crippen LogP contribution in [-0.2, 0) is 6.54 Å². The second-order valence-corrected chi connectivity index (χ2v) is 6.81. The van der Waals surface area contributed by atoms with Crippen LogP contribution in [0, 0.1) is 0 Å². The first-order valence-corrected chi connectivity index (χ1v) is 9.16. The average molecular weight is 318 g/mol. The van der Waals surface area contributed by atoms with E-state index in [4.69, 9.17) is 9.84 Å². The molecule has 1 aliphatic carbocycles. The SMILES string of the molecule is OCCOc1ccccc1CNC1CCN(C2CCCC2)CC1. The molecule has 1 saturated carbocycles. The third-order valence-electron chi connectivity index (χ3n) is 5.27. The molecule has 4 nitrogen and oxygen atoms in total. The number of hydrogen-bond acceptors (Lipinski definition) is 4. The Morgan fingerprint density at radius 3 is 2.57 bits per heavy atom. The molecule has 2 N–H and O–H groups in total. The lowest BCUT2D eigenvalue weighted by Gasteiger charge is -2.36. The highest BCUT2D eigenvalue weighted by molar-refractivity contribution is 5.33. The number of aliphatic hydroxyl groups excluding tert-OH is 1. The number of aliphatic hydroxyl groups is 1. The lowest BCUT2D eigenvalue weighted by atomic mass is 10.0. The van der Waals surface area contributed by atoms with Crippen LogP contribution < -0.4 is 10.1 Å². The van der Waals surface area contributed by atoms with Crippen molar-refractivity contribution in [1.82, 2.24) is 10.2 Å². The number of para-hydroxylation sites is 1. The van der Waals surface area contributed by atoms with Crippen LogP contribution in [0.5, 0.6) is 5.75 Å². The van der Waals surface area contributed by atoms with Gasteiger partial charge in [-0.15, -0.1) is 0 Å². The Balaban J connectivity index is 1.44. The minimum Gasteiger partial charge on any atom is -0.491 e. The topological polar surface area (TPSA) is 44.7 Å². The maximum absolute atomic E-state index is 8.92. The van der Waals surface area contributed by atoms with Crippen LogP contribution in [0.3, 0.4) is 0 Å². The van der Waals surface area contributed by atoms with Gasteiger partial charge in [0.05, 0.1) is 6.61 Å². The van der Waals surface area contributed by atoms with Gasteiger partial charge in [-0.25, -0.2) is 0 Å². The fraction of sp³-hybridized carbons (Fsp3) is 0.684. The van der Waals surface area contributed by atoms with Gasteiger partial charge in [0, 0.05) is 24.2 Å². The lowest BCUT2D eigenvalue weighted by molar-refractivity contribution is 0.144. The molecule has 23 heavy (non-hydrogen) atoms. The van der Waals surface area contributed by atoms with Gasteiger partial charge in [-0.2, -0.15) is 0 Å². The Hall–Kier alpha value is -1.10. The molecule has 0 radical (unpaired) electrons. The third kappa shape index (κ3) is 4.69. The number of nitrogens with zero attached hydrogens (tertiary/aromatic N) is 1. The summed E-state index contributed by atoms with van der Waals surface area (Å²) in [5, 5.41) is 12.6. The Morgan fingerprint density at radius 2 is 1.83 bits per heavy atom. The molecular weight excluding hydrogens is 288 g/mol. The monoisotopic (exact) mass is 318 g/mol. The van der Waals surface area contributed by atoms with Crippen molar-refractivity contribution in [2.75, 3.05) is 26.3 Å². The summed E-state index contributed by atoms with van der Waals surface area (Å²) in [6.45, 7) is 3.74. The zero-order valence-electron chi connectivity index (χ0n) is 14.0. The summed E-state index contributed by atoms with van der Waals surface area (Å²) in [7, 11) is 0. The number of likely N-dealkylation sites (tertiary alicyclic amines) is 1. The Labute approximate surface area is 139 Å². The summed E-state index contributed by atoms with van der Waals surface area (Å²) in [5.41, 5.74) is 1.18. The lowest BCUT2D eigenvalue weighted by Crippen LogP contribution is -2.45. The Kier molecular flexibility index (Phi) is 6.31. The average Bonchev–Trinajstić information content (AvgIpc) is 3.14. The highest BCUT2D eigenvalue weighted by atomic mass is 16.5. The van der Waals surface area contributed by atoms with Crippen LogP contribution in [0.4, 0.5) is 0 Å². The van der Waals surface area contributed by atoms with Crippen molar-refractivity contribution in [3.8, 4) is 5.75 Å². The largest absolute Gasteiger partial charge is 0.491 e. The van der Waals surface area contributed by atoms with E-state index in [1.807, 2.05) is 18.2 Å². The molecule has 4 heteroatoms. The molecule has 128 valence electrons. The van der Waals surface area contributed by atoms with Crippen molar-refractivity contribution in [3.05, 3.63) is 29.8 Å². The van der Waals surface area contributed by atoms with Crippen molar-refractivity contribution < 1.29 is 9.84 Å². The number of rotatable bonds is 7. The number of hydrogen-bond donors (Lipinski definition) is 2. The van der Waals surface area contributed by atoms with Crippen LogP contribution in [0.15, 0.2) is 24.3 Å². The second kappa shape index (κ2) is 8.67. The minimum absolute atomic E-state index is 0.0569. The molecule has 1 aromatic rings. The first-order valence-electron chi connectivity index (χ1n) is 9.16. The van der Waals surface area contributed by atoms with Gasteiger partial charge in [0.1, 0.15) is 12.4 Å². The highest BCUT2D eigenvalue weighted by Crippen LogP contribution is 2.26. The number of nitrogens with one attached hydrogen (secondary N) is 1. The van der Waals surface area contributed by atoms with E-state index in [0.29, 0.717) is 12.6 Å². The molecule has 2 fully saturated rings. The molecular formula is C19H30N2O2. The van der Waals surface area contributed by atoms with E-state index in [-0.39, 0.29) is 6.61 Å².